The summed E-state index contributed by atoms with van der Waals surface area (Å²) in [5, 5.41) is 2.94. The van der Waals surface area contributed by atoms with Crippen molar-refractivity contribution in [1.82, 2.24) is 15.3 Å². The molecule has 0 radical (unpaired) electrons. The third-order valence-corrected chi connectivity index (χ3v) is 3.90. The number of carbonyl (C=O) groups excluding carboxylic acids is 1. The molecule has 3 rings (SSSR count). The Kier molecular flexibility index (Phi) is 4.04. The van der Waals surface area contributed by atoms with Crippen molar-refractivity contribution < 1.29 is 4.79 Å². The van der Waals surface area contributed by atoms with Crippen LogP contribution in [0.25, 0.3) is 0 Å². The van der Waals surface area contributed by atoms with Gasteiger partial charge < -0.3 is 10.3 Å². The molecule has 0 spiro atoms. The molecule has 1 aromatic heterocycles. The highest BCUT2D eigenvalue weighted by molar-refractivity contribution is 5.78. The predicted octanol–water partition coefficient (Wildman–Crippen LogP) is 2.46. The summed E-state index contributed by atoms with van der Waals surface area (Å²) >= 11 is 0. The van der Waals surface area contributed by atoms with Gasteiger partial charge in [0.05, 0.1) is 18.7 Å². The molecule has 0 aliphatic heterocycles. The molecule has 4 nitrogen and oxygen atoms in total. The first-order valence-corrected chi connectivity index (χ1v) is 7.59. The topological polar surface area (TPSA) is 57.8 Å². The van der Waals surface area contributed by atoms with Gasteiger partial charge >= 0.3 is 0 Å². The van der Waals surface area contributed by atoms with Crippen LogP contribution in [-0.4, -0.2) is 15.9 Å². The molecule has 1 aliphatic carbocycles. The van der Waals surface area contributed by atoms with E-state index in [1.807, 2.05) is 31.2 Å². The number of nitrogens with zero attached hydrogens (tertiary/aromatic N) is 1. The van der Waals surface area contributed by atoms with Gasteiger partial charge in [0, 0.05) is 5.69 Å². The van der Waals surface area contributed by atoms with Crippen LogP contribution in [-0.2, 0) is 30.6 Å². The Morgan fingerprint density at radius 2 is 2.19 bits per heavy atom. The summed E-state index contributed by atoms with van der Waals surface area (Å²) in [6.45, 7) is 2.52. The van der Waals surface area contributed by atoms with E-state index in [1.54, 1.807) is 0 Å². The van der Waals surface area contributed by atoms with Gasteiger partial charge in [0.15, 0.2) is 0 Å². The lowest BCUT2D eigenvalue weighted by molar-refractivity contribution is -0.120. The van der Waals surface area contributed by atoms with Crippen molar-refractivity contribution in [3.05, 3.63) is 52.6 Å². The van der Waals surface area contributed by atoms with Gasteiger partial charge in [-0.25, -0.2) is 4.98 Å². The monoisotopic (exact) mass is 283 g/mol. The van der Waals surface area contributed by atoms with Gasteiger partial charge in [-0.05, 0) is 38.2 Å². The van der Waals surface area contributed by atoms with Gasteiger partial charge in [0.1, 0.15) is 5.82 Å². The average molecular weight is 283 g/mol. The van der Waals surface area contributed by atoms with Crippen molar-refractivity contribution in [2.24, 2.45) is 0 Å². The molecular formula is C17H21N3O. The fraction of sp³-hybridized carbons (Fsp3) is 0.412. The fourth-order valence-electron chi connectivity index (χ4n) is 2.85. The molecule has 2 aromatic rings. The zero-order valence-electron chi connectivity index (χ0n) is 12.4. The van der Waals surface area contributed by atoms with E-state index < -0.39 is 0 Å². The van der Waals surface area contributed by atoms with Crippen LogP contribution in [0.4, 0.5) is 0 Å². The third-order valence-electron chi connectivity index (χ3n) is 3.90. The largest absolute Gasteiger partial charge is 0.349 e. The Bertz CT molecular complexity index is 622. The third kappa shape index (κ3) is 3.51. The normalized spacial score (nSPS) is 13.8. The molecule has 1 aliphatic rings. The summed E-state index contributed by atoms with van der Waals surface area (Å²) in [6.07, 6.45) is 5.01. The van der Waals surface area contributed by atoms with E-state index in [4.69, 9.17) is 0 Å². The zero-order chi connectivity index (χ0) is 14.7. The van der Waals surface area contributed by atoms with Crippen molar-refractivity contribution in [1.29, 1.82) is 0 Å². The van der Waals surface area contributed by atoms with E-state index in [-0.39, 0.29) is 5.91 Å². The molecule has 0 atom stereocenters. The van der Waals surface area contributed by atoms with Crippen LogP contribution in [0.15, 0.2) is 24.3 Å². The summed E-state index contributed by atoms with van der Waals surface area (Å²) in [5.74, 6) is 0.912. The maximum Gasteiger partial charge on any atom is 0.224 e. The number of hydrogen-bond donors (Lipinski definition) is 2. The SMILES string of the molecule is Cc1cccc(CC(=O)NCc2nc3c([nH]2)CCCC3)c1. The Morgan fingerprint density at radius 1 is 1.33 bits per heavy atom. The van der Waals surface area contributed by atoms with Crippen molar-refractivity contribution in [2.75, 3.05) is 0 Å². The number of carbonyl (C=O) groups is 1. The molecular weight excluding hydrogens is 262 g/mol. The highest BCUT2D eigenvalue weighted by Gasteiger charge is 2.14. The second-order valence-electron chi connectivity index (χ2n) is 5.76. The van der Waals surface area contributed by atoms with Crippen LogP contribution >= 0.6 is 0 Å². The van der Waals surface area contributed by atoms with Crippen LogP contribution < -0.4 is 5.32 Å². The van der Waals surface area contributed by atoms with Crippen molar-refractivity contribution >= 4 is 5.91 Å². The zero-order valence-corrected chi connectivity index (χ0v) is 12.4. The van der Waals surface area contributed by atoms with Crippen molar-refractivity contribution in [3.63, 3.8) is 0 Å². The first kappa shape index (κ1) is 13.9. The van der Waals surface area contributed by atoms with Crippen LogP contribution in [0, 0.1) is 6.92 Å². The van der Waals surface area contributed by atoms with Gasteiger partial charge in [0.25, 0.3) is 0 Å². The first-order chi connectivity index (χ1) is 10.2. The molecule has 1 amide bonds. The molecule has 21 heavy (non-hydrogen) atoms. The van der Waals surface area contributed by atoms with E-state index in [2.05, 4.69) is 15.3 Å². The number of hydrogen-bond acceptors (Lipinski definition) is 2. The van der Waals surface area contributed by atoms with Gasteiger partial charge in [0.2, 0.25) is 5.91 Å². The first-order valence-electron chi connectivity index (χ1n) is 7.59. The van der Waals surface area contributed by atoms with Gasteiger partial charge in [-0.2, -0.15) is 0 Å². The fourth-order valence-corrected chi connectivity index (χ4v) is 2.85. The second kappa shape index (κ2) is 6.12. The molecule has 4 heteroatoms. The molecule has 110 valence electrons. The molecule has 2 N–H and O–H groups in total. The van der Waals surface area contributed by atoms with Crippen LogP contribution in [0.2, 0.25) is 0 Å². The minimum atomic E-state index is 0.0370. The van der Waals surface area contributed by atoms with E-state index in [9.17, 15) is 4.79 Å². The average Bonchev–Trinajstić information content (AvgIpc) is 2.88. The van der Waals surface area contributed by atoms with E-state index in [0.717, 1.165) is 24.2 Å². The standard InChI is InChI=1S/C17H21N3O/c1-12-5-4-6-13(9-12)10-17(21)18-11-16-19-14-7-2-3-8-15(14)20-16/h4-6,9H,2-3,7-8,10-11H2,1H3,(H,18,21)(H,19,20). The second-order valence-corrected chi connectivity index (χ2v) is 5.76. The summed E-state index contributed by atoms with van der Waals surface area (Å²) in [7, 11) is 0. The van der Waals surface area contributed by atoms with Crippen LogP contribution in [0.5, 0.6) is 0 Å². The summed E-state index contributed by atoms with van der Waals surface area (Å²) in [4.78, 5) is 19.9. The summed E-state index contributed by atoms with van der Waals surface area (Å²) in [6, 6.07) is 8.05. The van der Waals surface area contributed by atoms with Crippen LogP contribution in [0.1, 0.15) is 41.2 Å². The minimum absolute atomic E-state index is 0.0370. The molecule has 0 fully saturated rings. The molecule has 0 unspecified atom stereocenters. The molecule has 1 heterocycles. The van der Waals surface area contributed by atoms with Crippen LogP contribution in [0.3, 0.4) is 0 Å². The number of benzene rings is 1. The summed E-state index contributed by atoms with van der Waals surface area (Å²) in [5.41, 5.74) is 4.67. The maximum atomic E-state index is 12.0. The van der Waals surface area contributed by atoms with Crippen molar-refractivity contribution in [3.8, 4) is 0 Å². The number of imidazole rings is 1. The number of aromatic amines is 1. The number of fused-ring (bicyclic) bond motifs is 1. The molecule has 0 saturated heterocycles. The lowest BCUT2D eigenvalue weighted by atomic mass is 10.0. The molecule has 0 bridgehead atoms. The van der Waals surface area contributed by atoms with Gasteiger partial charge in [-0.1, -0.05) is 29.8 Å². The summed E-state index contributed by atoms with van der Waals surface area (Å²) < 4.78 is 0. The lowest BCUT2D eigenvalue weighted by Gasteiger charge is -2.07. The lowest BCUT2D eigenvalue weighted by Crippen LogP contribution is -2.25. The van der Waals surface area contributed by atoms with Gasteiger partial charge in [-0.3, -0.25) is 4.79 Å². The Morgan fingerprint density at radius 3 is 3.00 bits per heavy atom. The molecule has 0 saturated carbocycles. The highest BCUT2D eigenvalue weighted by atomic mass is 16.1. The van der Waals surface area contributed by atoms with Crippen molar-refractivity contribution in [2.45, 2.75) is 45.6 Å². The Balaban J connectivity index is 1.55. The number of rotatable bonds is 4. The number of aromatic nitrogens is 2. The number of nitrogens with one attached hydrogen (secondary N) is 2. The van der Waals surface area contributed by atoms with E-state index >= 15 is 0 Å². The highest BCUT2D eigenvalue weighted by Crippen LogP contribution is 2.18. The smallest absolute Gasteiger partial charge is 0.224 e. The van der Waals surface area contributed by atoms with E-state index in [1.165, 1.54) is 29.8 Å². The Hall–Kier alpha value is -2.10. The Labute approximate surface area is 125 Å². The van der Waals surface area contributed by atoms with Gasteiger partial charge in [-0.15, -0.1) is 0 Å². The minimum Gasteiger partial charge on any atom is -0.349 e. The molecule has 1 aromatic carbocycles. The number of amides is 1. The van der Waals surface area contributed by atoms with E-state index in [0.29, 0.717) is 13.0 Å². The quantitative estimate of drug-likeness (QED) is 0.905. The number of H-pyrrole nitrogens is 1. The number of aryl methyl sites for hydroxylation is 3. The maximum absolute atomic E-state index is 12.0. The predicted molar refractivity (Wildman–Crippen MR) is 82.0 cm³/mol.